The maximum absolute atomic E-state index is 11.5. The number of rotatable bonds is 2. The van der Waals surface area contributed by atoms with Crippen LogP contribution < -0.4 is 16.5 Å². The summed E-state index contributed by atoms with van der Waals surface area (Å²) in [5.41, 5.74) is 1.57. The number of aromatic nitrogens is 2. The van der Waals surface area contributed by atoms with Gasteiger partial charge in [-0.1, -0.05) is 11.3 Å². The molecule has 2 heterocycles. The molecule has 1 aliphatic rings. The van der Waals surface area contributed by atoms with E-state index < -0.39 is 0 Å². The Morgan fingerprint density at radius 1 is 1.69 bits per heavy atom. The molecule has 0 radical (unpaired) electrons. The first kappa shape index (κ1) is 11.2. The zero-order valence-electron chi connectivity index (χ0n) is 8.72. The average Bonchev–Trinajstić information content (AvgIpc) is 2.70. The fourth-order valence-electron chi connectivity index (χ4n) is 1.67. The first-order valence-corrected chi connectivity index (χ1v) is 5.95. The van der Waals surface area contributed by atoms with Gasteiger partial charge in [-0.25, -0.2) is 9.80 Å². The number of hydrazine groups is 1. The molecule has 2 rings (SSSR count). The van der Waals surface area contributed by atoms with Gasteiger partial charge >= 0.3 is 6.03 Å². The number of nitrogens with one attached hydrogen (secondary N) is 2. The number of nitrogens with zero attached hydrogens (tertiary/aromatic N) is 3. The maximum atomic E-state index is 11.5. The number of hydrogen-bond donors (Lipinski definition) is 3. The zero-order valence-corrected chi connectivity index (χ0v) is 9.54. The normalized spacial score (nSPS) is 21.7. The molecule has 0 bridgehead atoms. The van der Waals surface area contributed by atoms with Crippen LogP contribution in [0.3, 0.4) is 0 Å². The van der Waals surface area contributed by atoms with Crippen molar-refractivity contribution in [1.29, 1.82) is 0 Å². The molecule has 0 aliphatic carbocycles. The molecule has 1 aliphatic heterocycles. The van der Waals surface area contributed by atoms with Crippen LogP contribution in [-0.2, 0) is 0 Å². The number of hydrogen-bond acceptors (Lipinski definition) is 6. The van der Waals surface area contributed by atoms with Crippen LogP contribution in [0.1, 0.15) is 12.8 Å². The number of piperidine rings is 1. The van der Waals surface area contributed by atoms with E-state index in [0.717, 1.165) is 19.4 Å². The Hall–Kier alpha value is -1.25. The average molecular weight is 242 g/mol. The second-order valence-corrected chi connectivity index (χ2v) is 4.51. The molecule has 4 N–H and O–H groups in total. The molecule has 88 valence electrons. The second kappa shape index (κ2) is 5.19. The summed E-state index contributed by atoms with van der Waals surface area (Å²) in [5.74, 6) is 5.68. The van der Waals surface area contributed by atoms with Gasteiger partial charge in [0.2, 0.25) is 5.13 Å². The Kier molecular flexibility index (Phi) is 3.65. The van der Waals surface area contributed by atoms with E-state index in [-0.39, 0.29) is 12.1 Å². The highest BCUT2D eigenvalue weighted by Crippen LogP contribution is 2.09. The molecule has 1 aromatic rings. The van der Waals surface area contributed by atoms with Crippen LogP contribution in [0, 0.1) is 0 Å². The fraction of sp³-hybridized carbons (Fsp3) is 0.625. The van der Waals surface area contributed by atoms with Crippen LogP contribution in [0.4, 0.5) is 9.93 Å². The summed E-state index contributed by atoms with van der Waals surface area (Å²) >= 11 is 1.28. The lowest BCUT2D eigenvalue weighted by molar-refractivity contribution is 0.193. The fourth-order valence-corrected chi connectivity index (χ4v) is 2.11. The van der Waals surface area contributed by atoms with Crippen molar-refractivity contribution in [2.45, 2.75) is 18.9 Å². The van der Waals surface area contributed by atoms with E-state index in [1.807, 2.05) is 0 Å². The molecule has 0 unspecified atom stereocenters. The zero-order chi connectivity index (χ0) is 11.4. The van der Waals surface area contributed by atoms with Gasteiger partial charge in [-0.15, -0.1) is 10.2 Å². The van der Waals surface area contributed by atoms with Crippen LogP contribution in [0.5, 0.6) is 0 Å². The molecule has 1 saturated heterocycles. The van der Waals surface area contributed by atoms with Crippen molar-refractivity contribution in [2.24, 2.45) is 5.84 Å². The molecular weight excluding hydrogens is 228 g/mol. The summed E-state index contributed by atoms with van der Waals surface area (Å²) in [5, 5.41) is 15.1. The molecule has 8 heteroatoms. The SMILES string of the molecule is NN1CCC[C@@H](NC(=O)Nc2nncs2)C1. The van der Waals surface area contributed by atoms with Crippen LogP contribution >= 0.6 is 11.3 Å². The quantitative estimate of drug-likeness (QED) is 0.634. The highest BCUT2D eigenvalue weighted by Gasteiger charge is 2.19. The largest absolute Gasteiger partial charge is 0.334 e. The van der Waals surface area contributed by atoms with E-state index in [0.29, 0.717) is 11.7 Å². The van der Waals surface area contributed by atoms with Gasteiger partial charge in [-0.2, -0.15) is 0 Å². The van der Waals surface area contributed by atoms with Crippen molar-refractivity contribution in [2.75, 3.05) is 18.4 Å². The first-order chi connectivity index (χ1) is 7.74. The minimum absolute atomic E-state index is 0.103. The molecule has 1 fully saturated rings. The van der Waals surface area contributed by atoms with E-state index in [4.69, 9.17) is 5.84 Å². The van der Waals surface area contributed by atoms with Gasteiger partial charge in [0.15, 0.2) is 0 Å². The number of carbonyl (C=O) groups is 1. The van der Waals surface area contributed by atoms with Gasteiger partial charge < -0.3 is 5.32 Å². The molecule has 16 heavy (non-hydrogen) atoms. The molecule has 0 spiro atoms. The lowest BCUT2D eigenvalue weighted by atomic mass is 10.1. The van der Waals surface area contributed by atoms with Crippen LogP contribution in [0.25, 0.3) is 0 Å². The van der Waals surface area contributed by atoms with Gasteiger partial charge in [0.25, 0.3) is 0 Å². The lowest BCUT2D eigenvalue weighted by Gasteiger charge is -2.29. The summed E-state index contributed by atoms with van der Waals surface area (Å²) in [6.07, 6.45) is 1.96. The van der Waals surface area contributed by atoms with Gasteiger partial charge in [0.05, 0.1) is 0 Å². The molecule has 7 nitrogen and oxygen atoms in total. The molecule has 1 aromatic heterocycles. The molecule has 0 saturated carbocycles. The minimum atomic E-state index is -0.253. The Labute approximate surface area is 97.0 Å². The number of nitrogens with two attached hydrogens (primary N) is 1. The summed E-state index contributed by atoms with van der Waals surface area (Å²) in [6, 6.07) is -0.149. The second-order valence-electron chi connectivity index (χ2n) is 3.68. The summed E-state index contributed by atoms with van der Waals surface area (Å²) < 4.78 is 0. The Bertz CT molecular complexity index is 342. The van der Waals surface area contributed by atoms with Crippen LogP contribution in [0.15, 0.2) is 5.51 Å². The summed E-state index contributed by atoms with van der Waals surface area (Å²) in [4.78, 5) is 11.5. The third kappa shape index (κ3) is 3.12. The van der Waals surface area contributed by atoms with Crippen molar-refractivity contribution < 1.29 is 4.79 Å². The summed E-state index contributed by atoms with van der Waals surface area (Å²) in [6.45, 7) is 1.57. The van der Waals surface area contributed by atoms with Crippen LogP contribution in [0.2, 0.25) is 0 Å². The Morgan fingerprint density at radius 3 is 3.25 bits per heavy atom. The van der Waals surface area contributed by atoms with Gasteiger partial charge in [-0.05, 0) is 12.8 Å². The van der Waals surface area contributed by atoms with Crippen molar-refractivity contribution in [3.05, 3.63) is 5.51 Å². The van der Waals surface area contributed by atoms with E-state index in [1.54, 1.807) is 10.5 Å². The number of carbonyl (C=O) groups excluding carboxylic acids is 1. The van der Waals surface area contributed by atoms with Gasteiger partial charge in [-0.3, -0.25) is 11.2 Å². The smallest absolute Gasteiger partial charge is 0.321 e. The summed E-state index contributed by atoms with van der Waals surface area (Å²) in [7, 11) is 0. The topological polar surface area (TPSA) is 96.2 Å². The number of anilines is 1. The van der Waals surface area contributed by atoms with E-state index >= 15 is 0 Å². The highest BCUT2D eigenvalue weighted by atomic mass is 32.1. The third-order valence-electron chi connectivity index (χ3n) is 2.37. The van der Waals surface area contributed by atoms with E-state index in [2.05, 4.69) is 20.8 Å². The Morgan fingerprint density at radius 2 is 2.56 bits per heavy atom. The van der Waals surface area contributed by atoms with Gasteiger partial charge in [0, 0.05) is 19.1 Å². The predicted molar refractivity (Wildman–Crippen MR) is 60.8 cm³/mol. The minimum Gasteiger partial charge on any atom is -0.334 e. The highest BCUT2D eigenvalue weighted by molar-refractivity contribution is 7.13. The first-order valence-electron chi connectivity index (χ1n) is 5.07. The predicted octanol–water partition coefficient (Wildman–Crippen LogP) is -0.00230. The molecule has 0 aromatic carbocycles. The van der Waals surface area contributed by atoms with Crippen molar-refractivity contribution in [3.8, 4) is 0 Å². The van der Waals surface area contributed by atoms with Crippen molar-refractivity contribution in [3.63, 3.8) is 0 Å². The maximum Gasteiger partial charge on any atom is 0.321 e. The lowest BCUT2D eigenvalue weighted by Crippen LogP contribution is -2.51. The van der Waals surface area contributed by atoms with E-state index in [1.165, 1.54) is 11.3 Å². The number of amides is 2. The molecular formula is C8H14N6OS. The third-order valence-corrected chi connectivity index (χ3v) is 2.98. The van der Waals surface area contributed by atoms with Gasteiger partial charge in [0.1, 0.15) is 5.51 Å². The monoisotopic (exact) mass is 242 g/mol. The standard InChI is InChI=1S/C8H14N6OS/c9-14-3-1-2-6(4-14)11-7(15)12-8-13-10-5-16-8/h5-6H,1-4,9H2,(H2,11,12,13,15)/t6-/m1/s1. The van der Waals surface area contributed by atoms with Crippen molar-refractivity contribution >= 4 is 22.5 Å². The Balaban J connectivity index is 1.78. The van der Waals surface area contributed by atoms with Crippen molar-refractivity contribution in [1.82, 2.24) is 20.5 Å². The van der Waals surface area contributed by atoms with Crippen LogP contribution in [-0.4, -0.2) is 40.4 Å². The molecule has 1 atom stereocenters. The molecule has 2 amide bonds. The number of urea groups is 1. The van der Waals surface area contributed by atoms with E-state index in [9.17, 15) is 4.79 Å².